The molecular weight excluding hydrogens is 226 g/mol. The van der Waals surface area contributed by atoms with E-state index < -0.39 is 5.76 Å². The highest BCUT2D eigenvalue weighted by molar-refractivity contribution is 8.93. The van der Waals surface area contributed by atoms with Crippen molar-refractivity contribution in [2.45, 2.75) is 19.9 Å². The molecule has 0 amide bonds. The molecule has 0 saturated carbocycles. The molecule has 0 bridgehead atoms. The van der Waals surface area contributed by atoms with Crippen LogP contribution in [-0.4, -0.2) is 10.1 Å². The number of hydrogen-bond acceptors (Lipinski definition) is 4. The monoisotopic (exact) mass is 237 g/mol. The lowest BCUT2D eigenvalue weighted by Crippen LogP contribution is -2.18. The van der Waals surface area contributed by atoms with Crippen molar-refractivity contribution >= 4 is 17.0 Å². The Balaban J connectivity index is 0.00000121. The molecule has 1 atom stereocenters. The first-order chi connectivity index (χ1) is 5.11. The predicted octanol–water partition coefficient (Wildman–Crippen LogP) is 0.597. The number of aromatic amines is 1. The van der Waals surface area contributed by atoms with Crippen LogP contribution in [-0.2, 0) is 0 Å². The largest absolute Gasteiger partial charge is 0.438 e. The number of rotatable bonds is 2. The molecule has 5 nitrogen and oxygen atoms in total. The van der Waals surface area contributed by atoms with E-state index in [0.29, 0.717) is 5.82 Å². The van der Waals surface area contributed by atoms with Crippen molar-refractivity contribution in [1.29, 1.82) is 0 Å². The number of aromatic nitrogens is 2. The summed E-state index contributed by atoms with van der Waals surface area (Å²) in [4.78, 5) is 12.9. The summed E-state index contributed by atoms with van der Waals surface area (Å²) in [7, 11) is 0. The van der Waals surface area contributed by atoms with Gasteiger partial charge in [-0.05, 0) is 5.92 Å². The zero-order valence-electron chi connectivity index (χ0n) is 6.90. The van der Waals surface area contributed by atoms with Crippen molar-refractivity contribution in [2.75, 3.05) is 0 Å². The SMILES string of the molecule is Br.CC(C)[C@H](N)c1noc(=O)[nH]1. The summed E-state index contributed by atoms with van der Waals surface area (Å²) in [6.07, 6.45) is 0. The third-order valence-electron chi connectivity index (χ3n) is 1.49. The number of nitrogens with zero attached hydrogens (tertiary/aromatic N) is 1. The highest BCUT2D eigenvalue weighted by Gasteiger charge is 2.14. The van der Waals surface area contributed by atoms with Crippen LogP contribution in [0.1, 0.15) is 25.7 Å². The van der Waals surface area contributed by atoms with Gasteiger partial charge in [-0.15, -0.1) is 17.0 Å². The van der Waals surface area contributed by atoms with Gasteiger partial charge in [-0.2, -0.15) is 0 Å². The summed E-state index contributed by atoms with van der Waals surface area (Å²) in [6.45, 7) is 3.88. The highest BCUT2D eigenvalue weighted by atomic mass is 79.9. The fourth-order valence-corrected chi connectivity index (χ4v) is 0.701. The number of halogens is 1. The van der Waals surface area contributed by atoms with Crippen molar-refractivity contribution in [3.63, 3.8) is 0 Å². The quantitative estimate of drug-likeness (QED) is 0.789. The molecule has 3 N–H and O–H groups in total. The average Bonchev–Trinajstić information content (AvgIpc) is 2.34. The first-order valence-electron chi connectivity index (χ1n) is 3.42. The Bertz CT molecular complexity index is 280. The molecule has 0 aliphatic rings. The van der Waals surface area contributed by atoms with Crippen molar-refractivity contribution in [2.24, 2.45) is 11.7 Å². The van der Waals surface area contributed by atoms with Crippen LogP contribution in [0.4, 0.5) is 0 Å². The normalized spacial score (nSPS) is 12.7. The summed E-state index contributed by atoms with van der Waals surface area (Å²) in [5.41, 5.74) is 5.66. The maximum absolute atomic E-state index is 10.5. The lowest BCUT2D eigenvalue weighted by Gasteiger charge is -2.09. The maximum Gasteiger partial charge on any atom is 0.438 e. The van der Waals surface area contributed by atoms with Crippen molar-refractivity contribution in [3.8, 4) is 0 Å². The van der Waals surface area contributed by atoms with Gasteiger partial charge in [0.1, 0.15) is 0 Å². The Morgan fingerprint density at radius 3 is 2.50 bits per heavy atom. The molecule has 1 heterocycles. The van der Waals surface area contributed by atoms with Crippen molar-refractivity contribution in [1.82, 2.24) is 10.1 Å². The molecule has 1 aromatic heterocycles. The molecule has 70 valence electrons. The first-order valence-corrected chi connectivity index (χ1v) is 3.42. The summed E-state index contributed by atoms with van der Waals surface area (Å²) >= 11 is 0. The van der Waals surface area contributed by atoms with Gasteiger partial charge < -0.3 is 5.73 Å². The van der Waals surface area contributed by atoms with Gasteiger partial charge in [-0.3, -0.25) is 9.51 Å². The molecular formula is C6H12BrN3O2. The van der Waals surface area contributed by atoms with Gasteiger partial charge >= 0.3 is 5.76 Å². The Kier molecular flexibility index (Phi) is 4.19. The van der Waals surface area contributed by atoms with E-state index in [2.05, 4.69) is 14.7 Å². The molecule has 0 aromatic carbocycles. The van der Waals surface area contributed by atoms with E-state index in [0.717, 1.165) is 0 Å². The van der Waals surface area contributed by atoms with E-state index in [1.807, 2.05) is 13.8 Å². The Morgan fingerprint density at radius 2 is 2.17 bits per heavy atom. The smallest absolute Gasteiger partial charge is 0.321 e. The number of H-pyrrole nitrogens is 1. The van der Waals surface area contributed by atoms with E-state index in [-0.39, 0.29) is 28.9 Å². The first kappa shape index (κ1) is 11.4. The van der Waals surface area contributed by atoms with Gasteiger partial charge in [0.25, 0.3) is 0 Å². The van der Waals surface area contributed by atoms with Crippen LogP contribution in [0.15, 0.2) is 9.32 Å². The fourth-order valence-electron chi connectivity index (χ4n) is 0.701. The molecule has 1 rings (SSSR count). The Morgan fingerprint density at radius 1 is 1.58 bits per heavy atom. The average molecular weight is 238 g/mol. The molecule has 0 radical (unpaired) electrons. The fraction of sp³-hybridized carbons (Fsp3) is 0.667. The summed E-state index contributed by atoms with van der Waals surface area (Å²) in [6, 6.07) is -0.263. The second-order valence-electron chi connectivity index (χ2n) is 2.75. The zero-order valence-corrected chi connectivity index (χ0v) is 8.62. The van der Waals surface area contributed by atoms with E-state index in [9.17, 15) is 4.79 Å². The number of nitrogens with one attached hydrogen (secondary N) is 1. The lowest BCUT2D eigenvalue weighted by molar-refractivity contribution is 0.369. The molecule has 0 aliphatic carbocycles. The van der Waals surface area contributed by atoms with Crippen LogP contribution in [0, 0.1) is 5.92 Å². The summed E-state index contributed by atoms with van der Waals surface area (Å²) < 4.78 is 4.29. The lowest BCUT2D eigenvalue weighted by atomic mass is 10.1. The summed E-state index contributed by atoms with van der Waals surface area (Å²) in [5, 5.41) is 3.47. The molecule has 0 saturated heterocycles. The van der Waals surface area contributed by atoms with Gasteiger partial charge in [0.05, 0.1) is 6.04 Å². The Hall–Kier alpha value is -0.620. The van der Waals surface area contributed by atoms with Crippen LogP contribution >= 0.6 is 17.0 Å². The minimum absolute atomic E-state index is 0. The van der Waals surface area contributed by atoms with Crippen LogP contribution in [0.5, 0.6) is 0 Å². The second-order valence-corrected chi connectivity index (χ2v) is 2.75. The minimum atomic E-state index is -0.559. The van der Waals surface area contributed by atoms with E-state index >= 15 is 0 Å². The second kappa shape index (κ2) is 4.42. The van der Waals surface area contributed by atoms with Gasteiger partial charge in [0.2, 0.25) is 0 Å². The van der Waals surface area contributed by atoms with E-state index in [1.54, 1.807) is 0 Å². The Labute approximate surface area is 80.1 Å². The standard InChI is InChI=1S/C6H11N3O2.BrH/c1-3(2)4(7)5-8-6(10)11-9-5;/h3-4H,7H2,1-2H3,(H,8,9,10);1H/t4-;/m0./s1. The van der Waals surface area contributed by atoms with Gasteiger partial charge in [0.15, 0.2) is 5.82 Å². The van der Waals surface area contributed by atoms with Gasteiger partial charge in [-0.1, -0.05) is 19.0 Å². The minimum Gasteiger partial charge on any atom is -0.321 e. The van der Waals surface area contributed by atoms with Crippen LogP contribution < -0.4 is 11.5 Å². The van der Waals surface area contributed by atoms with Crippen LogP contribution in [0.3, 0.4) is 0 Å². The van der Waals surface area contributed by atoms with Gasteiger partial charge in [-0.25, -0.2) is 4.79 Å². The molecule has 6 heteroatoms. The number of nitrogens with two attached hydrogens (primary N) is 1. The maximum atomic E-state index is 10.5. The van der Waals surface area contributed by atoms with Crippen LogP contribution in [0.2, 0.25) is 0 Å². The number of hydrogen-bond donors (Lipinski definition) is 2. The third kappa shape index (κ3) is 2.46. The van der Waals surface area contributed by atoms with E-state index in [4.69, 9.17) is 5.73 Å². The predicted molar refractivity (Wildman–Crippen MR) is 49.2 cm³/mol. The molecule has 0 unspecified atom stereocenters. The third-order valence-corrected chi connectivity index (χ3v) is 1.49. The van der Waals surface area contributed by atoms with Crippen molar-refractivity contribution < 1.29 is 4.52 Å². The molecule has 12 heavy (non-hydrogen) atoms. The highest BCUT2D eigenvalue weighted by Crippen LogP contribution is 2.12. The van der Waals surface area contributed by atoms with E-state index in [1.165, 1.54) is 0 Å². The van der Waals surface area contributed by atoms with Crippen molar-refractivity contribution in [3.05, 3.63) is 16.4 Å². The molecule has 1 aromatic rings. The topological polar surface area (TPSA) is 84.9 Å². The molecule has 0 aliphatic heterocycles. The summed E-state index contributed by atoms with van der Waals surface area (Å²) in [5.74, 6) is 0.0804. The van der Waals surface area contributed by atoms with Crippen LogP contribution in [0.25, 0.3) is 0 Å². The van der Waals surface area contributed by atoms with Gasteiger partial charge in [0, 0.05) is 0 Å². The zero-order chi connectivity index (χ0) is 8.43. The molecule has 0 fully saturated rings. The molecule has 0 spiro atoms.